The highest BCUT2D eigenvalue weighted by molar-refractivity contribution is 5.82. The number of aliphatic carboxylic acids is 1. The summed E-state index contributed by atoms with van der Waals surface area (Å²) in [5.41, 5.74) is 10.8. The largest absolute Gasteiger partial charge is 0.480 e. The van der Waals surface area contributed by atoms with E-state index in [9.17, 15) is 19.5 Å². The lowest BCUT2D eigenvalue weighted by Crippen LogP contribution is -2.48. The third-order valence-electron chi connectivity index (χ3n) is 3.33. The molecule has 0 aliphatic carbocycles. The Labute approximate surface area is 147 Å². The molecule has 0 saturated heterocycles. The zero-order valence-electron chi connectivity index (χ0n) is 14.0. The molecule has 1 heterocycles. The van der Waals surface area contributed by atoms with Gasteiger partial charge in [0.1, 0.15) is 12.1 Å². The van der Waals surface area contributed by atoms with E-state index in [1.54, 1.807) is 0 Å². The van der Waals surface area contributed by atoms with Crippen LogP contribution in [-0.2, 0) is 9.59 Å². The van der Waals surface area contributed by atoms with E-state index in [1.165, 1.54) is 6.92 Å². The van der Waals surface area contributed by atoms with Crippen LogP contribution in [0.2, 0.25) is 0 Å². The number of carboxylic acid groups (broad SMARTS) is 1. The van der Waals surface area contributed by atoms with Crippen LogP contribution in [0.3, 0.4) is 0 Å². The maximum atomic E-state index is 11.9. The van der Waals surface area contributed by atoms with Crippen LogP contribution in [-0.4, -0.2) is 62.2 Å². The van der Waals surface area contributed by atoms with Crippen molar-refractivity contribution < 1.29 is 34.1 Å². The van der Waals surface area contributed by atoms with E-state index in [2.05, 4.69) is 15.5 Å². The second kappa shape index (κ2) is 9.65. The highest BCUT2D eigenvalue weighted by Crippen LogP contribution is 2.20. The number of nitrogens with zero attached hydrogens (tertiary/aromatic N) is 2. The second-order valence-electron chi connectivity index (χ2n) is 5.49. The highest BCUT2D eigenvalue weighted by atomic mass is 16.4. The minimum Gasteiger partial charge on any atom is -0.480 e. The lowest BCUT2D eigenvalue weighted by molar-refractivity contribution is -0.140. The van der Waals surface area contributed by atoms with Crippen molar-refractivity contribution in [3.63, 3.8) is 0 Å². The third-order valence-corrected chi connectivity index (χ3v) is 3.33. The van der Waals surface area contributed by atoms with Crippen LogP contribution in [0.1, 0.15) is 43.6 Å². The first-order valence-electron chi connectivity index (χ1n) is 7.61. The van der Waals surface area contributed by atoms with Gasteiger partial charge in [0.05, 0.1) is 12.7 Å². The van der Waals surface area contributed by atoms with Crippen LogP contribution in [0.5, 0.6) is 0 Å². The number of carbonyl (C=O) groups is 3. The minimum absolute atomic E-state index is 0.00876. The Balaban J connectivity index is 2.89. The van der Waals surface area contributed by atoms with E-state index in [-0.39, 0.29) is 24.6 Å². The molecule has 13 nitrogen and oxygen atoms in total. The van der Waals surface area contributed by atoms with E-state index in [0.717, 1.165) is 0 Å². The van der Waals surface area contributed by atoms with Gasteiger partial charge in [-0.15, -0.1) is 10.2 Å². The topological polar surface area (TPSA) is 227 Å². The van der Waals surface area contributed by atoms with Gasteiger partial charge in [-0.25, -0.2) is 9.59 Å². The first-order valence-corrected chi connectivity index (χ1v) is 7.61. The number of primary amides is 1. The average molecular weight is 374 g/mol. The summed E-state index contributed by atoms with van der Waals surface area (Å²) in [5, 5.41) is 39.0. The Morgan fingerprint density at radius 1 is 1.23 bits per heavy atom. The van der Waals surface area contributed by atoms with Crippen LogP contribution < -0.4 is 22.1 Å². The van der Waals surface area contributed by atoms with Gasteiger partial charge < -0.3 is 41.8 Å². The average Bonchev–Trinajstić information content (AvgIpc) is 3.04. The van der Waals surface area contributed by atoms with Crippen LogP contribution in [0, 0.1) is 0 Å². The minimum atomic E-state index is -1.52. The molecule has 1 rings (SSSR count). The molecule has 3 amide bonds. The predicted molar refractivity (Wildman–Crippen MR) is 84.3 cm³/mol. The van der Waals surface area contributed by atoms with E-state index in [0.29, 0.717) is 0 Å². The fourth-order valence-electron chi connectivity index (χ4n) is 1.82. The molecular formula is C13H22N6O7. The smallest absolute Gasteiger partial charge is 0.328 e. The van der Waals surface area contributed by atoms with Crippen LogP contribution >= 0.6 is 0 Å². The molecule has 0 saturated carbocycles. The Kier molecular flexibility index (Phi) is 7.89. The van der Waals surface area contributed by atoms with Crippen molar-refractivity contribution in [1.29, 1.82) is 0 Å². The summed E-state index contributed by atoms with van der Waals surface area (Å²) in [6, 6.07) is -4.39. The number of aliphatic hydroxyl groups excluding tert-OH is 2. The first kappa shape index (κ1) is 21.3. The predicted octanol–water partition coefficient (Wildman–Crippen LogP) is -2.50. The molecule has 0 bridgehead atoms. The number of nitrogens with two attached hydrogens (primary N) is 2. The number of urea groups is 1. The van der Waals surface area contributed by atoms with Gasteiger partial charge in [0, 0.05) is 6.42 Å². The second-order valence-corrected chi connectivity index (χ2v) is 5.49. The Bertz CT molecular complexity index is 634. The van der Waals surface area contributed by atoms with Crippen molar-refractivity contribution in [2.45, 2.75) is 44.0 Å². The van der Waals surface area contributed by atoms with Gasteiger partial charge in [-0.2, -0.15) is 0 Å². The molecular weight excluding hydrogens is 352 g/mol. The van der Waals surface area contributed by atoms with E-state index in [1.807, 2.05) is 5.32 Å². The SMILES string of the molecule is CC(O)[C@H](N)c1nnc([C@H](CCC(N)=O)NC(=O)N[C@@H](CO)C(=O)O)o1. The standard InChI is InChI=1S/C13H22N6O7/c1-5(21)9(15)11-19-18-10(26-11)6(2-3-8(14)22)16-13(25)17-7(4-20)12(23)24/h5-7,9,20-21H,2-4,15H2,1H3,(H2,14,22)(H,23,24)(H2,16,17,25)/t5?,6-,7-,9-/m0/s1. The van der Waals surface area contributed by atoms with Crippen molar-refractivity contribution in [1.82, 2.24) is 20.8 Å². The monoisotopic (exact) mass is 374 g/mol. The Morgan fingerprint density at radius 3 is 2.35 bits per heavy atom. The number of hydrogen-bond donors (Lipinski definition) is 7. The van der Waals surface area contributed by atoms with E-state index < -0.39 is 48.7 Å². The van der Waals surface area contributed by atoms with Crippen LogP contribution in [0.4, 0.5) is 4.79 Å². The van der Waals surface area contributed by atoms with Crippen molar-refractivity contribution in [2.24, 2.45) is 11.5 Å². The molecule has 1 aromatic rings. The Hall–Kier alpha value is -2.77. The van der Waals surface area contributed by atoms with Crippen molar-refractivity contribution in [3.8, 4) is 0 Å². The molecule has 1 unspecified atom stereocenters. The summed E-state index contributed by atoms with van der Waals surface area (Å²) in [7, 11) is 0. The molecule has 13 heteroatoms. The zero-order chi connectivity index (χ0) is 19.9. The van der Waals surface area contributed by atoms with Gasteiger partial charge >= 0.3 is 12.0 Å². The molecule has 146 valence electrons. The fourth-order valence-corrected chi connectivity index (χ4v) is 1.82. The van der Waals surface area contributed by atoms with Gasteiger partial charge in [-0.1, -0.05) is 0 Å². The van der Waals surface area contributed by atoms with E-state index >= 15 is 0 Å². The lowest BCUT2D eigenvalue weighted by atomic mass is 10.1. The number of carboxylic acids is 1. The lowest BCUT2D eigenvalue weighted by Gasteiger charge is -2.17. The number of aliphatic hydroxyl groups is 2. The van der Waals surface area contributed by atoms with Crippen molar-refractivity contribution in [2.75, 3.05) is 6.61 Å². The molecule has 26 heavy (non-hydrogen) atoms. The number of hydrogen-bond acceptors (Lipinski definition) is 9. The van der Waals surface area contributed by atoms with Gasteiger partial charge in [-0.3, -0.25) is 4.79 Å². The first-order chi connectivity index (χ1) is 12.1. The summed E-state index contributed by atoms with van der Waals surface area (Å²) in [6.45, 7) is 0.606. The molecule has 9 N–H and O–H groups in total. The van der Waals surface area contributed by atoms with Crippen LogP contribution in [0.15, 0.2) is 4.42 Å². The third kappa shape index (κ3) is 6.27. The summed E-state index contributed by atoms with van der Waals surface area (Å²) in [5.74, 6) is -2.26. The molecule has 4 atom stereocenters. The quantitative estimate of drug-likeness (QED) is 0.228. The number of amides is 3. The summed E-state index contributed by atoms with van der Waals surface area (Å²) < 4.78 is 5.31. The molecule has 0 spiro atoms. The molecule has 0 fully saturated rings. The maximum Gasteiger partial charge on any atom is 0.328 e. The normalized spacial score (nSPS) is 15.5. The molecule has 0 aliphatic rings. The number of aromatic nitrogens is 2. The summed E-state index contributed by atoms with van der Waals surface area (Å²) >= 11 is 0. The summed E-state index contributed by atoms with van der Waals surface area (Å²) in [6.07, 6.45) is -1.11. The molecule has 0 aliphatic heterocycles. The van der Waals surface area contributed by atoms with Gasteiger partial charge in [0.15, 0.2) is 6.04 Å². The van der Waals surface area contributed by atoms with Crippen LogP contribution in [0.25, 0.3) is 0 Å². The van der Waals surface area contributed by atoms with Gasteiger partial charge in [-0.05, 0) is 13.3 Å². The molecule has 0 radical (unpaired) electrons. The van der Waals surface area contributed by atoms with Crippen molar-refractivity contribution >= 4 is 17.9 Å². The maximum absolute atomic E-state index is 11.9. The highest BCUT2D eigenvalue weighted by Gasteiger charge is 2.26. The fraction of sp³-hybridized carbons (Fsp3) is 0.615. The molecule has 1 aromatic heterocycles. The number of carbonyl (C=O) groups excluding carboxylic acids is 2. The number of nitrogens with one attached hydrogen (secondary N) is 2. The van der Waals surface area contributed by atoms with Gasteiger partial charge in [0.25, 0.3) is 0 Å². The van der Waals surface area contributed by atoms with E-state index in [4.69, 9.17) is 26.1 Å². The molecule has 0 aromatic carbocycles. The number of rotatable bonds is 10. The van der Waals surface area contributed by atoms with Gasteiger partial charge in [0.2, 0.25) is 17.7 Å². The summed E-state index contributed by atoms with van der Waals surface area (Å²) in [4.78, 5) is 33.8. The zero-order valence-corrected chi connectivity index (χ0v) is 14.0. The van der Waals surface area contributed by atoms with Crippen molar-refractivity contribution in [3.05, 3.63) is 11.8 Å². The Morgan fingerprint density at radius 2 is 1.85 bits per heavy atom.